The molecule has 2 atom stereocenters. The normalized spacial score (nSPS) is 18.2. The van der Waals surface area contributed by atoms with Gasteiger partial charge in [0.1, 0.15) is 0 Å². The van der Waals surface area contributed by atoms with Gasteiger partial charge in [-0.2, -0.15) is 15.0 Å². The third-order valence-electron chi connectivity index (χ3n) is 5.79. The summed E-state index contributed by atoms with van der Waals surface area (Å²) in [5.41, 5.74) is 3.48. The molecule has 0 saturated carbocycles. The Balaban J connectivity index is 1.21. The molecule has 2 unspecified atom stereocenters. The Morgan fingerprint density at radius 3 is 1.75 bits per heavy atom. The molecule has 1 aliphatic carbocycles. The van der Waals surface area contributed by atoms with E-state index in [-0.39, 0.29) is 12.1 Å². The summed E-state index contributed by atoms with van der Waals surface area (Å²) < 4.78 is 0. The summed E-state index contributed by atoms with van der Waals surface area (Å²) in [5.74, 6) is 2.50. The molecule has 0 radical (unpaired) electrons. The van der Waals surface area contributed by atoms with Crippen molar-refractivity contribution in [3.05, 3.63) is 72.8 Å². The fourth-order valence-corrected chi connectivity index (χ4v) is 4.15. The van der Waals surface area contributed by atoms with E-state index in [9.17, 15) is 0 Å². The van der Waals surface area contributed by atoms with Crippen molar-refractivity contribution < 1.29 is 0 Å². The summed E-state index contributed by atoms with van der Waals surface area (Å²) in [6, 6.07) is 15.7. The van der Waals surface area contributed by atoms with Crippen molar-refractivity contribution in [2.45, 2.75) is 12.1 Å². The van der Waals surface area contributed by atoms with Gasteiger partial charge in [-0.1, -0.05) is 48.6 Å². The molecule has 0 spiro atoms. The molecular formula is C24H20N12. The quantitative estimate of drug-likeness (QED) is 0.224. The van der Waals surface area contributed by atoms with Crippen molar-refractivity contribution in [1.82, 2.24) is 40.2 Å². The van der Waals surface area contributed by atoms with Gasteiger partial charge in [0, 0.05) is 0 Å². The predicted octanol–water partition coefficient (Wildman–Crippen LogP) is 3.35. The summed E-state index contributed by atoms with van der Waals surface area (Å²) in [6.07, 6.45) is 8.10. The molecule has 2 aliphatic rings. The molecule has 2 aromatic carbocycles. The average Bonchev–Trinajstić information content (AvgIpc) is 3.58. The van der Waals surface area contributed by atoms with Crippen LogP contribution in [0.2, 0.25) is 0 Å². The Labute approximate surface area is 204 Å². The molecule has 6 N–H and O–H groups in total. The molecule has 12 nitrogen and oxygen atoms in total. The van der Waals surface area contributed by atoms with Gasteiger partial charge in [0.15, 0.2) is 5.96 Å². The van der Waals surface area contributed by atoms with Crippen molar-refractivity contribution in [3.63, 3.8) is 0 Å². The lowest BCUT2D eigenvalue weighted by atomic mass is 10.1. The van der Waals surface area contributed by atoms with Crippen molar-refractivity contribution in [1.29, 1.82) is 0 Å². The molecule has 4 heterocycles. The van der Waals surface area contributed by atoms with Crippen LogP contribution in [0.25, 0.3) is 22.1 Å². The van der Waals surface area contributed by atoms with Gasteiger partial charge in [-0.15, -0.1) is 0 Å². The van der Waals surface area contributed by atoms with E-state index in [1.807, 2.05) is 66.8 Å². The number of nitrogens with zero attached hydrogens (tertiary/aromatic N) is 6. The van der Waals surface area contributed by atoms with Crippen LogP contribution in [0.15, 0.2) is 77.8 Å². The average molecular weight is 477 g/mol. The third-order valence-corrected chi connectivity index (χ3v) is 5.79. The predicted molar refractivity (Wildman–Crippen MR) is 139 cm³/mol. The van der Waals surface area contributed by atoms with E-state index in [1.165, 1.54) is 0 Å². The minimum Gasteiger partial charge on any atom is -0.347 e. The first-order chi connectivity index (χ1) is 17.7. The second-order valence-electron chi connectivity index (χ2n) is 8.29. The van der Waals surface area contributed by atoms with E-state index in [0.717, 1.165) is 22.1 Å². The molecule has 36 heavy (non-hydrogen) atoms. The minimum atomic E-state index is 0.0284. The number of H-pyrrole nitrogens is 2. The Hall–Kier alpha value is -5.26. The summed E-state index contributed by atoms with van der Waals surface area (Å²) in [5, 5.41) is 12.8. The van der Waals surface area contributed by atoms with E-state index in [2.05, 4.69) is 67.2 Å². The summed E-state index contributed by atoms with van der Waals surface area (Å²) in [7, 11) is 0. The maximum Gasteiger partial charge on any atom is 0.236 e. The first kappa shape index (κ1) is 20.1. The van der Waals surface area contributed by atoms with Crippen LogP contribution in [0, 0.1) is 0 Å². The maximum atomic E-state index is 4.67. The molecule has 3 aromatic heterocycles. The van der Waals surface area contributed by atoms with Crippen LogP contribution in [-0.2, 0) is 0 Å². The molecule has 0 amide bonds. The second-order valence-corrected chi connectivity index (χ2v) is 8.29. The third kappa shape index (κ3) is 3.86. The van der Waals surface area contributed by atoms with Gasteiger partial charge < -0.3 is 15.3 Å². The van der Waals surface area contributed by atoms with Crippen LogP contribution >= 0.6 is 0 Å². The van der Waals surface area contributed by atoms with Gasteiger partial charge in [-0.25, -0.2) is 15.0 Å². The van der Waals surface area contributed by atoms with E-state index in [0.29, 0.717) is 35.7 Å². The van der Waals surface area contributed by atoms with Gasteiger partial charge in [-0.05, 0) is 24.3 Å². The van der Waals surface area contributed by atoms with Crippen LogP contribution in [0.4, 0.5) is 29.7 Å². The first-order valence-corrected chi connectivity index (χ1v) is 11.4. The lowest BCUT2D eigenvalue weighted by molar-refractivity contribution is 0.694. The first-order valence-electron chi connectivity index (χ1n) is 11.4. The number of fused-ring (bicyclic) bond motifs is 3. The number of hydrogen-bond donors (Lipinski definition) is 6. The van der Waals surface area contributed by atoms with Crippen LogP contribution in [0.1, 0.15) is 0 Å². The Morgan fingerprint density at radius 1 is 0.611 bits per heavy atom. The Kier molecular flexibility index (Phi) is 4.59. The largest absolute Gasteiger partial charge is 0.347 e. The Bertz CT molecular complexity index is 1520. The van der Waals surface area contributed by atoms with Crippen LogP contribution in [-0.4, -0.2) is 52.9 Å². The van der Waals surface area contributed by atoms with Gasteiger partial charge in [0.2, 0.25) is 29.7 Å². The highest BCUT2D eigenvalue weighted by Crippen LogP contribution is 2.21. The van der Waals surface area contributed by atoms with Gasteiger partial charge in [-0.3, -0.25) is 16.0 Å². The number of rotatable bonds is 5. The fourth-order valence-electron chi connectivity index (χ4n) is 4.15. The summed E-state index contributed by atoms with van der Waals surface area (Å²) in [4.78, 5) is 33.8. The number of benzene rings is 2. The number of guanidine groups is 1. The monoisotopic (exact) mass is 476 g/mol. The zero-order valence-corrected chi connectivity index (χ0v) is 18.8. The van der Waals surface area contributed by atoms with Crippen LogP contribution < -0.4 is 21.3 Å². The highest BCUT2D eigenvalue weighted by Gasteiger charge is 2.26. The standard InChI is InChI=1S/C24H20N12/c1-2-8-14-13(7-1)25-19(26-14)31-22-34-23(32-20-27-15-9-3-4-10-16(15)28-20)36-24(35-22)33-21-29-17-11-5-6-12-18(17)30-21/h1-14H,(H6,25,26,27,28,29,30,31,32,33,34,35,36). The number of aliphatic imine (C=N–C) groups is 1. The van der Waals surface area contributed by atoms with Crippen LogP contribution in [0.3, 0.4) is 0 Å². The lowest BCUT2D eigenvalue weighted by Gasteiger charge is -2.14. The highest BCUT2D eigenvalue weighted by atomic mass is 15.4. The van der Waals surface area contributed by atoms with Gasteiger partial charge in [0.25, 0.3) is 0 Å². The van der Waals surface area contributed by atoms with Gasteiger partial charge >= 0.3 is 0 Å². The SMILES string of the molecule is C1=CC2N=C(Nc3nc(Nc4nc5ccccc5[nH]4)nc(Nc4nc5ccccc5[nH]4)n3)NC2C=C1. The van der Waals surface area contributed by atoms with Crippen molar-refractivity contribution >= 4 is 57.8 Å². The molecule has 1 aliphatic heterocycles. The zero-order valence-electron chi connectivity index (χ0n) is 18.8. The number of aromatic amines is 2. The van der Waals surface area contributed by atoms with Crippen LogP contribution in [0.5, 0.6) is 0 Å². The number of nitrogens with one attached hydrogen (secondary N) is 6. The molecule has 0 bridgehead atoms. The van der Waals surface area contributed by atoms with Crippen molar-refractivity contribution in [3.8, 4) is 0 Å². The lowest BCUT2D eigenvalue weighted by Crippen LogP contribution is -2.36. The fraction of sp³-hybridized carbons (Fsp3) is 0.0833. The summed E-state index contributed by atoms with van der Waals surface area (Å²) >= 11 is 0. The molecule has 176 valence electrons. The molecule has 5 aromatic rings. The van der Waals surface area contributed by atoms with E-state index in [4.69, 9.17) is 0 Å². The number of imidazole rings is 2. The molecule has 12 heteroatoms. The molecule has 0 fully saturated rings. The second kappa shape index (κ2) is 8.20. The number of para-hydroxylation sites is 4. The van der Waals surface area contributed by atoms with Crippen molar-refractivity contribution in [2.24, 2.45) is 4.99 Å². The minimum absolute atomic E-state index is 0.0284. The Morgan fingerprint density at radius 2 is 1.17 bits per heavy atom. The number of allylic oxidation sites excluding steroid dienone is 2. The number of aromatic nitrogens is 7. The smallest absolute Gasteiger partial charge is 0.236 e. The van der Waals surface area contributed by atoms with E-state index >= 15 is 0 Å². The summed E-state index contributed by atoms with van der Waals surface area (Å²) in [6.45, 7) is 0. The molecular weight excluding hydrogens is 456 g/mol. The molecule has 0 saturated heterocycles. The van der Waals surface area contributed by atoms with E-state index < -0.39 is 0 Å². The van der Waals surface area contributed by atoms with Gasteiger partial charge in [0.05, 0.1) is 34.2 Å². The maximum absolute atomic E-state index is 4.67. The topological polar surface area (TPSA) is 157 Å². The van der Waals surface area contributed by atoms with E-state index in [1.54, 1.807) is 0 Å². The highest BCUT2D eigenvalue weighted by molar-refractivity contribution is 5.94. The number of hydrogen-bond acceptors (Lipinski definition) is 10. The molecule has 7 rings (SSSR count). The number of anilines is 5. The zero-order chi connectivity index (χ0) is 23.9. The van der Waals surface area contributed by atoms with Crippen molar-refractivity contribution in [2.75, 3.05) is 16.0 Å².